The Bertz CT molecular complexity index is 695. The molecule has 0 fully saturated rings. The maximum atomic E-state index is 12.2. The monoisotopic (exact) mass is 311 g/mol. The van der Waals surface area contributed by atoms with Gasteiger partial charge in [-0.05, 0) is 25.5 Å². The molecule has 0 aliphatic rings. The SMILES string of the molecule is Cc1cnc(C(C)NS(=O)(=O)Cc2ccccc2N)s1. The number of aryl methyl sites for hydroxylation is 1. The third kappa shape index (κ3) is 3.78. The summed E-state index contributed by atoms with van der Waals surface area (Å²) >= 11 is 1.48. The van der Waals surface area contributed by atoms with Gasteiger partial charge in [-0.1, -0.05) is 18.2 Å². The number of rotatable bonds is 5. The van der Waals surface area contributed by atoms with Crippen molar-refractivity contribution in [2.75, 3.05) is 5.73 Å². The summed E-state index contributed by atoms with van der Waals surface area (Å²) in [7, 11) is -3.46. The Kier molecular flexibility index (Phi) is 4.42. The van der Waals surface area contributed by atoms with Crippen LogP contribution in [0.25, 0.3) is 0 Å². The van der Waals surface area contributed by atoms with E-state index in [0.717, 1.165) is 9.88 Å². The molecular weight excluding hydrogens is 294 g/mol. The van der Waals surface area contributed by atoms with Crippen molar-refractivity contribution in [2.45, 2.75) is 25.6 Å². The van der Waals surface area contributed by atoms with E-state index in [4.69, 9.17) is 5.73 Å². The van der Waals surface area contributed by atoms with Crippen LogP contribution in [0.3, 0.4) is 0 Å². The first-order valence-electron chi connectivity index (χ1n) is 6.13. The Hall–Kier alpha value is -1.44. The van der Waals surface area contributed by atoms with Crippen LogP contribution in [0.4, 0.5) is 5.69 Å². The summed E-state index contributed by atoms with van der Waals surface area (Å²) in [5.74, 6) is -0.131. The van der Waals surface area contributed by atoms with Crippen LogP contribution in [0.15, 0.2) is 30.5 Å². The van der Waals surface area contributed by atoms with Gasteiger partial charge in [-0.2, -0.15) is 0 Å². The van der Waals surface area contributed by atoms with Crippen LogP contribution in [-0.4, -0.2) is 13.4 Å². The van der Waals surface area contributed by atoms with Crippen LogP contribution in [0, 0.1) is 6.92 Å². The first-order valence-corrected chi connectivity index (χ1v) is 8.60. The summed E-state index contributed by atoms with van der Waals surface area (Å²) in [5, 5.41) is 0.757. The third-order valence-electron chi connectivity index (χ3n) is 2.77. The van der Waals surface area contributed by atoms with Crippen molar-refractivity contribution >= 4 is 27.0 Å². The predicted octanol–water partition coefficient (Wildman–Crippen LogP) is 2.21. The number of sulfonamides is 1. The Balaban J connectivity index is 2.10. The molecule has 3 N–H and O–H groups in total. The Morgan fingerprint density at radius 2 is 2.10 bits per heavy atom. The molecule has 0 radical (unpaired) electrons. The quantitative estimate of drug-likeness (QED) is 0.829. The normalized spacial score (nSPS) is 13.3. The summed E-state index contributed by atoms with van der Waals surface area (Å²) in [4.78, 5) is 5.25. The average molecular weight is 311 g/mol. The fraction of sp³-hybridized carbons (Fsp3) is 0.308. The highest BCUT2D eigenvalue weighted by Crippen LogP contribution is 2.21. The van der Waals surface area contributed by atoms with Crippen LogP contribution >= 0.6 is 11.3 Å². The highest BCUT2D eigenvalue weighted by molar-refractivity contribution is 7.88. The molecule has 0 amide bonds. The highest BCUT2D eigenvalue weighted by atomic mass is 32.2. The second-order valence-electron chi connectivity index (χ2n) is 4.61. The van der Waals surface area contributed by atoms with Gasteiger partial charge in [-0.25, -0.2) is 18.1 Å². The summed E-state index contributed by atoms with van der Waals surface area (Å²) < 4.78 is 26.9. The fourth-order valence-electron chi connectivity index (χ4n) is 1.80. The number of nitrogens with one attached hydrogen (secondary N) is 1. The number of nitrogens with two attached hydrogens (primary N) is 1. The lowest BCUT2D eigenvalue weighted by molar-refractivity contribution is 0.565. The van der Waals surface area contributed by atoms with Gasteiger partial charge in [0.05, 0.1) is 11.8 Å². The number of hydrogen-bond donors (Lipinski definition) is 2. The molecule has 0 bridgehead atoms. The van der Waals surface area contributed by atoms with E-state index >= 15 is 0 Å². The molecule has 1 heterocycles. The molecule has 0 spiro atoms. The molecule has 7 heteroatoms. The zero-order chi connectivity index (χ0) is 14.8. The van der Waals surface area contributed by atoms with E-state index in [1.807, 2.05) is 6.92 Å². The van der Waals surface area contributed by atoms with Crippen LogP contribution < -0.4 is 10.5 Å². The lowest BCUT2D eigenvalue weighted by atomic mass is 10.2. The zero-order valence-corrected chi connectivity index (χ0v) is 13.0. The molecule has 0 saturated heterocycles. The first kappa shape index (κ1) is 15.0. The average Bonchev–Trinajstić information content (AvgIpc) is 2.78. The number of anilines is 1. The van der Waals surface area contributed by atoms with Crippen LogP contribution in [-0.2, 0) is 15.8 Å². The molecule has 1 atom stereocenters. The van der Waals surface area contributed by atoms with Crippen molar-refractivity contribution in [3.8, 4) is 0 Å². The van der Waals surface area contributed by atoms with E-state index in [2.05, 4.69) is 9.71 Å². The molecule has 1 aromatic carbocycles. The Morgan fingerprint density at radius 1 is 1.40 bits per heavy atom. The number of thiazole rings is 1. The van der Waals surface area contributed by atoms with E-state index in [1.54, 1.807) is 37.4 Å². The zero-order valence-electron chi connectivity index (χ0n) is 11.3. The topological polar surface area (TPSA) is 85.1 Å². The molecule has 5 nitrogen and oxygen atoms in total. The van der Waals surface area contributed by atoms with Crippen molar-refractivity contribution in [2.24, 2.45) is 0 Å². The van der Waals surface area contributed by atoms with Crippen molar-refractivity contribution < 1.29 is 8.42 Å². The van der Waals surface area contributed by atoms with Gasteiger partial charge in [0.1, 0.15) is 5.01 Å². The second-order valence-corrected chi connectivity index (χ2v) is 7.63. The standard InChI is InChI=1S/C13H17N3O2S2/c1-9-7-15-13(19-9)10(2)16-20(17,18)8-11-5-3-4-6-12(11)14/h3-7,10,16H,8,14H2,1-2H3. The summed E-state index contributed by atoms with van der Waals surface area (Å²) in [6.45, 7) is 3.72. The van der Waals surface area contributed by atoms with Crippen molar-refractivity contribution in [3.63, 3.8) is 0 Å². The maximum absolute atomic E-state index is 12.2. The molecule has 0 saturated carbocycles. The molecule has 0 aliphatic carbocycles. The van der Waals surface area contributed by atoms with Gasteiger partial charge in [-0.15, -0.1) is 11.3 Å². The van der Waals surface area contributed by atoms with Gasteiger partial charge >= 0.3 is 0 Å². The fourth-order valence-corrected chi connectivity index (χ4v) is 4.06. The molecule has 108 valence electrons. The number of para-hydroxylation sites is 1. The van der Waals surface area contributed by atoms with Crippen LogP contribution in [0.1, 0.15) is 28.4 Å². The van der Waals surface area contributed by atoms with Gasteiger partial charge in [0.15, 0.2) is 0 Å². The van der Waals surface area contributed by atoms with Crippen LogP contribution in [0.5, 0.6) is 0 Å². The lowest BCUT2D eigenvalue weighted by Gasteiger charge is -2.12. The van der Waals surface area contributed by atoms with Gasteiger partial charge < -0.3 is 5.73 Å². The van der Waals surface area contributed by atoms with Crippen molar-refractivity contribution in [3.05, 3.63) is 45.9 Å². The number of nitrogens with zero attached hydrogens (tertiary/aromatic N) is 1. The van der Waals surface area contributed by atoms with Gasteiger partial charge in [0.25, 0.3) is 0 Å². The Morgan fingerprint density at radius 3 is 2.70 bits per heavy atom. The largest absolute Gasteiger partial charge is 0.398 e. The number of benzene rings is 1. The first-order chi connectivity index (χ1) is 9.37. The van der Waals surface area contributed by atoms with E-state index in [9.17, 15) is 8.42 Å². The molecule has 1 unspecified atom stereocenters. The molecule has 1 aromatic heterocycles. The minimum absolute atomic E-state index is 0.131. The predicted molar refractivity (Wildman–Crippen MR) is 81.9 cm³/mol. The van der Waals surface area contributed by atoms with Gasteiger partial charge in [-0.3, -0.25) is 0 Å². The number of aromatic nitrogens is 1. The van der Waals surface area contributed by atoms with E-state index in [0.29, 0.717) is 11.3 Å². The second kappa shape index (κ2) is 5.90. The third-order valence-corrected chi connectivity index (χ3v) is 5.27. The van der Waals surface area contributed by atoms with E-state index in [1.165, 1.54) is 11.3 Å². The molecule has 2 aromatic rings. The molecular formula is C13H17N3O2S2. The van der Waals surface area contributed by atoms with Crippen LogP contribution in [0.2, 0.25) is 0 Å². The number of hydrogen-bond acceptors (Lipinski definition) is 5. The summed E-state index contributed by atoms with van der Waals surface area (Å²) in [6.07, 6.45) is 1.74. The minimum Gasteiger partial charge on any atom is -0.398 e. The van der Waals surface area contributed by atoms with E-state index < -0.39 is 10.0 Å². The van der Waals surface area contributed by atoms with E-state index in [-0.39, 0.29) is 11.8 Å². The lowest BCUT2D eigenvalue weighted by Crippen LogP contribution is -2.28. The Labute approximate surface area is 122 Å². The van der Waals surface area contributed by atoms with Crippen molar-refractivity contribution in [1.29, 1.82) is 0 Å². The minimum atomic E-state index is -3.46. The van der Waals surface area contributed by atoms with Crippen molar-refractivity contribution in [1.82, 2.24) is 9.71 Å². The molecule has 2 rings (SSSR count). The molecule has 0 aliphatic heterocycles. The van der Waals surface area contributed by atoms with Gasteiger partial charge in [0, 0.05) is 16.8 Å². The maximum Gasteiger partial charge on any atom is 0.216 e. The van der Waals surface area contributed by atoms with Gasteiger partial charge in [0.2, 0.25) is 10.0 Å². The smallest absolute Gasteiger partial charge is 0.216 e. The summed E-state index contributed by atoms with van der Waals surface area (Å²) in [5.41, 5.74) is 6.85. The highest BCUT2D eigenvalue weighted by Gasteiger charge is 2.19. The molecule has 20 heavy (non-hydrogen) atoms. The summed E-state index contributed by atoms with van der Waals surface area (Å²) in [6, 6.07) is 6.61. The number of nitrogen functional groups attached to an aromatic ring is 1.